The lowest BCUT2D eigenvalue weighted by molar-refractivity contribution is 0.178. The third kappa shape index (κ3) is 3.34. The van der Waals surface area contributed by atoms with Crippen LogP contribution >= 0.6 is 0 Å². The average Bonchev–Trinajstić information content (AvgIpc) is 3.23. The number of likely N-dealkylation sites (tertiary alicyclic amines) is 1. The second-order valence-electron chi connectivity index (χ2n) is 6.14. The van der Waals surface area contributed by atoms with Crippen molar-refractivity contribution in [1.82, 2.24) is 20.4 Å². The van der Waals surface area contributed by atoms with Gasteiger partial charge in [-0.15, -0.1) is 0 Å². The number of ether oxygens (including phenoxy) is 1. The molecule has 2 heterocycles. The molecule has 7 nitrogen and oxygen atoms in total. The van der Waals surface area contributed by atoms with Crippen LogP contribution in [0.5, 0.6) is 5.75 Å². The Kier molecular flexibility index (Phi) is 4.69. The standard InChI is InChI=1S/C17H22N4O3/c1-11(2)18-17(22)21-9-5-8-14(21)16-19-15(20-24-16)12-6-4-7-13(10-12)23-3/h4,6-7,10-11,14H,5,8-9H2,1-3H3,(H,18,22)/t14-/m1/s1. The van der Waals surface area contributed by atoms with Gasteiger partial charge in [-0.2, -0.15) is 4.98 Å². The van der Waals surface area contributed by atoms with Crippen molar-refractivity contribution >= 4 is 6.03 Å². The molecule has 7 heteroatoms. The first-order valence-corrected chi connectivity index (χ1v) is 8.13. The first kappa shape index (κ1) is 16.3. The molecule has 0 spiro atoms. The molecule has 0 aliphatic carbocycles. The van der Waals surface area contributed by atoms with E-state index in [0.717, 1.165) is 24.2 Å². The molecule has 0 unspecified atom stereocenters. The van der Waals surface area contributed by atoms with Crippen LogP contribution in [-0.2, 0) is 0 Å². The van der Waals surface area contributed by atoms with Crippen LogP contribution in [0.15, 0.2) is 28.8 Å². The van der Waals surface area contributed by atoms with Crippen LogP contribution in [0.3, 0.4) is 0 Å². The highest BCUT2D eigenvalue weighted by molar-refractivity contribution is 5.75. The number of amides is 2. The monoisotopic (exact) mass is 330 g/mol. The van der Waals surface area contributed by atoms with E-state index in [4.69, 9.17) is 9.26 Å². The largest absolute Gasteiger partial charge is 0.497 e. The normalized spacial score (nSPS) is 17.3. The number of carbonyl (C=O) groups is 1. The lowest BCUT2D eigenvalue weighted by atomic mass is 10.2. The number of nitrogens with zero attached hydrogens (tertiary/aromatic N) is 3. The average molecular weight is 330 g/mol. The summed E-state index contributed by atoms with van der Waals surface area (Å²) in [6.07, 6.45) is 1.75. The van der Waals surface area contributed by atoms with Crippen LogP contribution in [0, 0.1) is 0 Å². The number of carbonyl (C=O) groups excluding carboxylic acids is 1. The number of nitrogens with one attached hydrogen (secondary N) is 1. The van der Waals surface area contributed by atoms with Gasteiger partial charge in [-0.25, -0.2) is 4.79 Å². The summed E-state index contributed by atoms with van der Waals surface area (Å²) >= 11 is 0. The van der Waals surface area contributed by atoms with Crippen LogP contribution in [-0.4, -0.2) is 40.8 Å². The van der Waals surface area contributed by atoms with Crippen LogP contribution in [0.1, 0.15) is 38.6 Å². The fraction of sp³-hybridized carbons (Fsp3) is 0.471. The molecule has 0 bridgehead atoms. The molecular formula is C17H22N4O3. The summed E-state index contributed by atoms with van der Waals surface area (Å²) < 4.78 is 10.7. The van der Waals surface area contributed by atoms with Gasteiger partial charge >= 0.3 is 6.03 Å². The van der Waals surface area contributed by atoms with Gasteiger partial charge in [-0.05, 0) is 38.8 Å². The Hall–Kier alpha value is -2.57. The molecule has 24 heavy (non-hydrogen) atoms. The maximum atomic E-state index is 12.3. The maximum Gasteiger partial charge on any atom is 0.318 e. The molecule has 2 amide bonds. The zero-order chi connectivity index (χ0) is 17.1. The van der Waals surface area contributed by atoms with E-state index in [-0.39, 0.29) is 18.1 Å². The van der Waals surface area contributed by atoms with Gasteiger partial charge in [0.2, 0.25) is 11.7 Å². The van der Waals surface area contributed by atoms with Crippen molar-refractivity contribution in [3.05, 3.63) is 30.2 Å². The summed E-state index contributed by atoms with van der Waals surface area (Å²) in [6.45, 7) is 4.58. The van der Waals surface area contributed by atoms with E-state index in [9.17, 15) is 4.79 Å². The number of aromatic nitrogens is 2. The van der Waals surface area contributed by atoms with Crippen molar-refractivity contribution in [3.8, 4) is 17.1 Å². The van der Waals surface area contributed by atoms with Crippen molar-refractivity contribution in [1.29, 1.82) is 0 Å². The van der Waals surface area contributed by atoms with Gasteiger partial charge in [-0.1, -0.05) is 17.3 Å². The SMILES string of the molecule is COc1cccc(-c2noc([C@H]3CCCN3C(=O)NC(C)C)n2)c1. The molecule has 1 aromatic heterocycles. The van der Waals surface area contributed by atoms with E-state index in [1.807, 2.05) is 38.1 Å². The van der Waals surface area contributed by atoms with Gasteiger partial charge in [0.1, 0.15) is 11.8 Å². The van der Waals surface area contributed by atoms with E-state index in [0.29, 0.717) is 18.3 Å². The predicted octanol–water partition coefficient (Wildman–Crippen LogP) is 3.00. The lowest BCUT2D eigenvalue weighted by Gasteiger charge is -2.23. The Morgan fingerprint density at radius 2 is 2.29 bits per heavy atom. The van der Waals surface area contributed by atoms with Crippen molar-refractivity contribution < 1.29 is 14.1 Å². The second-order valence-corrected chi connectivity index (χ2v) is 6.14. The molecule has 128 valence electrons. The fourth-order valence-corrected chi connectivity index (χ4v) is 2.85. The quantitative estimate of drug-likeness (QED) is 0.932. The molecule has 0 saturated carbocycles. The Labute approximate surface area is 141 Å². The molecule has 1 atom stereocenters. The topological polar surface area (TPSA) is 80.5 Å². The Balaban J connectivity index is 1.80. The summed E-state index contributed by atoms with van der Waals surface area (Å²) in [6, 6.07) is 7.32. The molecule has 1 N–H and O–H groups in total. The van der Waals surface area contributed by atoms with Crippen molar-refractivity contribution in [3.63, 3.8) is 0 Å². The number of hydrogen-bond acceptors (Lipinski definition) is 5. The van der Waals surface area contributed by atoms with Gasteiger partial charge in [0, 0.05) is 18.2 Å². The molecule has 1 aliphatic rings. The Morgan fingerprint density at radius 3 is 3.04 bits per heavy atom. The minimum atomic E-state index is -0.171. The van der Waals surface area contributed by atoms with E-state index in [2.05, 4.69) is 15.5 Å². The van der Waals surface area contributed by atoms with E-state index in [1.54, 1.807) is 12.0 Å². The summed E-state index contributed by atoms with van der Waals surface area (Å²) in [7, 11) is 1.62. The minimum absolute atomic E-state index is 0.0892. The molecule has 0 radical (unpaired) electrons. The second kappa shape index (κ2) is 6.90. The van der Waals surface area contributed by atoms with Crippen molar-refractivity contribution in [2.45, 2.75) is 38.8 Å². The van der Waals surface area contributed by atoms with Gasteiger partial charge in [-0.3, -0.25) is 0 Å². The zero-order valence-electron chi connectivity index (χ0n) is 14.2. The Bertz CT molecular complexity index is 713. The van der Waals surface area contributed by atoms with E-state index in [1.165, 1.54) is 0 Å². The summed E-state index contributed by atoms with van der Waals surface area (Å²) in [5, 5.41) is 6.98. The first-order valence-electron chi connectivity index (χ1n) is 8.13. The Morgan fingerprint density at radius 1 is 1.46 bits per heavy atom. The van der Waals surface area contributed by atoms with Gasteiger partial charge in [0.15, 0.2) is 0 Å². The van der Waals surface area contributed by atoms with E-state index < -0.39 is 0 Å². The highest BCUT2D eigenvalue weighted by Gasteiger charge is 2.34. The third-order valence-electron chi connectivity index (χ3n) is 3.98. The third-order valence-corrected chi connectivity index (χ3v) is 3.98. The number of hydrogen-bond donors (Lipinski definition) is 1. The zero-order valence-corrected chi connectivity index (χ0v) is 14.2. The van der Waals surface area contributed by atoms with Crippen molar-refractivity contribution in [2.75, 3.05) is 13.7 Å². The number of rotatable bonds is 4. The lowest BCUT2D eigenvalue weighted by Crippen LogP contribution is -2.42. The first-order chi connectivity index (χ1) is 11.6. The van der Waals surface area contributed by atoms with Gasteiger partial charge in [0.05, 0.1) is 7.11 Å². The summed E-state index contributed by atoms with van der Waals surface area (Å²) in [4.78, 5) is 18.6. The molecule has 1 aliphatic heterocycles. The maximum absolute atomic E-state index is 12.3. The van der Waals surface area contributed by atoms with E-state index >= 15 is 0 Å². The molecular weight excluding hydrogens is 308 g/mol. The molecule has 1 fully saturated rings. The summed E-state index contributed by atoms with van der Waals surface area (Å²) in [5.74, 6) is 1.71. The van der Waals surface area contributed by atoms with Crippen LogP contribution in [0.25, 0.3) is 11.4 Å². The van der Waals surface area contributed by atoms with Gasteiger partial charge in [0.25, 0.3) is 0 Å². The number of urea groups is 1. The highest BCUT2D eigenvalue weighted by atomic mass is 16.5. The minimum Gasteiger partial charge on any atom is -0.497 e. The van der Waals surface area contributed by atoms with Crippen molar-refractivity contribution in [2.24, 2.45) is 0 Å². The molecule has 1 saturated heterocycles. The van der Waals surface area contributed by atoms with Crippen LogP contribution < -0.4 is 10.1 Å². The summed E-state index contributed by atoms with van der Waals surface area (Å²) in [5.41, 5.74) is 0.820. The van der Waals surface area contributed by atoms with Crippen LogP contribution in [0.4, 0.5) is 4.79 Å². The number of methoxy groups -OCH3 is 1. The number of benzene rings is 1. The molecule has 3 rings (SSSR count). The molecule has 2 aromatic rings. The smallest absolute Gasteiger partial charge is 0.318 e. The van der Waals surface area contributed by atoms with Gasteiger partial charge < -0.3 is 19.5 Å². The molecule has 1 aromatic carbocycles. The predicted molar refractivity (Wildman–Crippen MR) is 88.6 cm³/mol. The highest BCUT2D eigenvalue weighted by Crippen LogP contribution is 2.32. The fourth-order valence-electron chi connectivity index (χ4n) is 2.85. The van der Waals surface area contributed by atoms with Crippen LogP contribution in [0.2, 0.25) is 0 Å².